The molecule has 0 aliphatic carbocycles. The number of benzene rings is 4. The third kappa shape index (κ3) is 7.45. The number of carbonyl (C=O) groups excluding carboxylic acids is 1. The summed E-state index contributed by atoms with van der Waals surface area (Å²) >= 11 is -2.84. The Morgan fingerprint density at radius 1 is 0.886 bits per heavy atom. The molecule has 13 heteroatoms. The molecule has 0 saturated heterocycles. The number of hydrogen-bond donors (Lipinski definition) is 3. The Morgan fingerprint density at radius 2 is 1.59 bits per heavy atom. The van der Waals surface area contributed by atoms with Gasteiger partial charge < -0.3 is 30.0 Å². The highest BCUT2D eigenvalue weighted by molar-refractivity contribution is 7.81. The van der Waals surface area contributed by atoms with E-state index in [1.807, 2.05) is 0 Å². The van der Waals surface area contributed by atoms with Crippen molar-refractivity contribution < 1.29 is 27.4 Å². The molecular weight excluding hydrogens is 587 g/mol. The van der Waals surface area contributed by atoms with E-state index < -0.39 is 11.3 Å². The smallest absolute Gasteiger partial charge is 0.238 e. The highest BCUT2D eigenvalue weighted by Crippen LogP contribution is 2.36. The van der Waals surface area contributed by atoms with Gasteiger partial charge in [-0.3, -0.25) is 13.3 Å². The summed E-state index contributed by atoms with van der Waals surface area (Å²) in [7, 11) is 3.04. The fourth-order valence-corrected chi connectivity index (χ4v) is 4.95. The zero-order chi connectivity index (χ0) is 31.1. The van der Waals surface area contributed by atoms with E-state index in [9.17, 15) is 17.9 Å². The summed E-state index contributed by atoms with van der Waals surface area (Å²) < 4.78 is 50.6. The lowest BCUT2D eigenvalue weighted by Crippen LogP contribution is -2.28. The monoisotopic (exact) mass is 615 g/mol. The number of amides is 1. The number of nitrogens with zero attached hydrogens (tertiary/aromatic N) is 3. The van der Waals surface area contributed by atoms with Gasteiger partial charge in [-0.05, 0) is 48.0 Å². The van der Waals surface area contributed by atoms with Gasteiger partial charge in [0.1, 0.15) is 17.3 Å². The zero-order valence-corrected chi connectivity index (χ0v) is 24.6. The predicted octanol–water partition coefficient (Wildman–Crippen LogP) is 5.19. The first-order valence-corrected chi connectivity index (χ1v) is 14.4. The number of carbonyl (C=O) groups is 1. The fraction of sp³-hybridized carbons (Fsp3) is 0.129. The van der Waals surface area contributed by atoms with Crippen molar-refractivity contribution in [3.8, 4) is 11.5 Å². The topological polar surface area (TPSA) is 141 Å². The van der Waals surface area contributed by atoms with Gasteiger partial charge in [0.05, 0.1) is 48.8 Å². The molecule has 1 amide bonds. The first kappa shape index (κ1) is 30.4. The molecule has 3 N–H and O–H groups in total. The van der Waals surface area contributed by atoms with E-state index in [4.69, 9.17) is 9.47 Å². The summed E-state index contributed by atoms with van der Waals surface area (Å²) in [6.45, 7) is 0.246. The van der Waals surface area contributed by atoms with Gasteiger partial charge in [0.15, 0.2) is 11.6 Å². The van der Waals surface area contributed by atoms with Crippen molar-refractivity contribution in [2.24, 2.45) is 0 Å². The van der Waals surface area contributed by atoms with E-state index in [1.165, 1.54) is 32.4 Å². The van der Waals surface area contributed by atoms with Crippen LogP contribution >= 0.6 is 0 Å². The van der Waals surface area contributed by atoms with E-state index >= 15 is 0 Å². The van der Waals surface area contributed by atoms with Crippen molar-refractivity contribution in [1.82, 2.24) is 15.3 Å². The lowest BCUT2D eigenvalue weighted by Gasteiger charge is -2.27. The quantitative estimate of drug-likeness (QED) is 0.162. The maximum Gasteiger partial charge on any atom is 0.238 e. The van der Waals surface area contributed by atoms with Gasteiger partial charge >= 0.3 is 0 Å². The van der Waals surface area contributed by atoms with Crippen LogP contribution in [0.15, 0.2) is 91.0 Å². The molecule has 1 aromatic heterocycles. The molecule has 1 atom stereocenters. The molecule has 226 valence electrons. The van der Waals surface area contributed by atoms with E-state index in [0.29, 0.717) is 46.0 Å². The molecule has 44 heavy (non-hydrogen) atoms. The number of anilines is 5. The number of ether oxygens (including phenoxy) is 2. The Labute approximate surface area is 255 Å². The predicted molar refractivity (Wildman–Crippen MR) is 167 cm³/mol. The summed E-state index contributed by atoms with van der Waals surface area (Å²) in [5, 5.41) is 8.87. The van der Waals surface area contributed by atoms with E-state index in [-0.39, 0.29) is 35.6 Å². The molecule has 4 aromatic carbocycles. The van der Waals surface area contributed by atoms with Crippen LogP contribution in [0.25, 0.3) is 11.0 Å². The van der Waals surface area contributed by atoms with Crippen LogP contribution in [-0.4, -0.2) is 45.4 Å². The molecule has 0 spiro atoms. The summed E-state index contributed by atoms with van der Waals surface area (Å²) in [6.07, 6.45) is 0. The second-order valence-electron chi connectivity index (χ2n) is 9.45. The van der Waals surface area contributed by atoms with Gasteiger partial charge in [-0.15, -0.1) is 0 Å². The van der Waals surface area contributed by atoms with Crippen LogP contribution < -0.4 is 29.7 Å². The molecule has 0 saturated carbocycles. The Bertz CT molecular complexity index is 1800. The standard InChI is InChI=1S/C31H29FN6O5S/c1-42-25-15-23(16-26(17-25)43-2)35-30-31(37-28-12-4-3-11-27(28)36-30)38(44(40)41)24-10-6-9-22(14-24)34-29(39)19-33-18-20-7-5-8-21(32)13-20/h3-17,33H,18-19H2,1-2H3,(H,34,39)(H,35,36)(H,40,41)/p-1. The molecule has 0 aliphatic heterocycles. The number of aromatic nitrogens is 2. The van der Waals surface area contributed by atoms with Gasteiger partial charge in [0, 0.05) is 36.1 Å². The van der Waals surface area contributed by atoms with E-state index in [0.717, 1.165) is 4.31 Å². The molecule has 0 fully saturated rings. The lowest BCUT2D eigenvalue weighted by atomic mass is 10.2. The maximum absolute atomic E-state index is 13.4. The third-order valence-electron chi connectivity index (χ3n) is 6.38. The van der Waals surface area contributed by atoms with Crippen LogP contribution in [0.4, 0.5) is 33.1 Å². The normalized spacial score (nSPS) is 11.5. The Kier molecular flexibility index (Phi) is 9.59. The third-order valence-corrected chi connectivity index (χ3v) is 7.06. The molecule has 1 unspecified atom stereocenters. The Morgan fingerprint density at radius 3 is 2.27 bits per heavy atom. The van der Waals surface area contributed by atoms with Crippen molar-refractivity contribution in [3.05, 3.63) is 102 Å². The van der Waals surface area contributed by atoms with E-state index in [1.54, 1.807) is 72.8 Å². The number of methoxy groups -OCH3 is 2. The van der Waals surface area contributed by atoms with Gasteiger partial charge in [0.2, 0.25) is 5.91 Å². The largest absolute Gasteiger partial charge is 0.755 e. The molecule has 0 radical (unpaired) electrons. The Hall–Kier alpha value is -5.11. The first-order valence-electron chi connectivity index (χ1n) is 13.3. The van der Waals surface area contributed by atoms with E-state index in [2.05, 4.69) is 25.9 Å². The van der Waals surface area contributed by atoms with Gasteiger partial charge in [0.25, 0.3) is 0 Å². The minimum absolute atomic E-state index is 0.000874. The summed E-state index contributed by atoms with van der Waals surface area (Å²) in [4.78, 5) is 21.9. The minimum Gasteiger partial charge on any atom is -0.755 e. The molecule has 1 heterocycles. The van der Waals surface area contributed by atoms with Gasteiger partial charge in [-0.25, -0.2) is 14.4 Å². The first-order chi connectivity index (χ1) is 21.3. The molecule has 5 aromatic rings. The van der Waals surface area contributed by atoms with Crippen LogP contribution in [0, 0.1) is 5.82 Å². The minimum atomic E-state index is -2.84. The average molecular weight is 616 g/mol. The van der Waals surface area contributed by atoms with Crippen LogP contribution in [0.2, 0.25) is 0 Å². The summed E-state index contributed by atoms with van der Waals surface area (Å²) in [6, 6.07) is 24.6. The summed E-state index contributed by atoms with van der Waals surface area (Å²) in [5.74, 6) is 0.454. The van der Waals surface area contributed by atoms with Crippen molar-refractivity contribution in [2.45, 2.75) is 6.54 Å². The number of fused-ring (bicyclic) bond motifs is 1. The van der Waals surface area contributed by atoms with Crippen LogP contribution in [0.3, 0.4) is 0 Å². The zero-order valence-electron chi connectivity index (χ0n) is 23.7. The lowest BCUT2D eigenvalue weighted by molar-refractivity contribution is -0.115. The van der Waals surface area contributed by atoms with Gasteiger partial charge in [-0.1, -0.05) is 30.3 Å². The number of rotatable bonds is 12. The van der Waals surface area contributed by atoms with Crippen LogP contribution in [0.1, 0.15) is 5.56 Å². The second-order valence-corrected chi connectivity index (χ2v) is 10.3. The molecule has 0 aliphatic rings. The fourth-order valence-electron chi connectivity index (χ4n) is 4.39. The SMILES string of the molecule is COc1cc(Nc2nc3ccccc3nc2N(c2cccc(NC(=O)CNCc3cccc(F)c3)c2)S(=O)[O-])cc(OC)c1. The van der Waals surface area contributed by atoms with Crippen LogP contribution in [-0.2, 0) is 22.6 Å². The second kappa shape index (κ2) is 13.9. The molecular formula is C31H28FN6O5S-. The molecule has 11 nitrogen and oxygen atoms in total. The highest BCUT2D eigenvalue weighted by Gasteiger charge is 2.21. The van der Waals surface area contributed by atoms with Gasteiger partial charge in [-0.2, -0.15) is 0 Å². The number of hydrogen-bond acceptors (Lipinski definition) is 9. The summed E-state index contributed by atoms with van der Waals surface area (Å²) in [5.41, 5.74) is 2.80. The highest BCUT2D eigenvalue weighted by atomic mass is 32.2. The number of nitrogens with one attached hydrogen (secondary N) is 3. The van der Waals surface area contributed by atoms with Crippen molar-refractivity contribution in [3.63, 3.8) is 0 Å². The number of para-hydroxylation sites is 2. The van der Waals surface area contributed by atoms with Crippen LogP contribution in [0.5, 0.6) is 11.5 Å². The molecule has 0 bridgehead atoms. The van der Waals surface area contributed by atoms with Crippen molar-refractivity contribution >= 4 is 56.9 Å². The maximum atomic E-state index is 13.4. The molecule has 5 rings (SSSR count). The van der Waals surface area contributed by atoms with Crippen molar-refractivity contribution in [2.75, 3.05) is 35.7 Å². The number of halogens is 1. The van der Waals surface area contributed by atoms with Crippen molar-refractivity contribution in [1.29, 1.82) is 0 Å². The Balaban J connectivity index is 1.43. The average Bonchev–Trinajstić information content (AvgIpc) is 3.01.